The average molecular weight is 439 g/mol. The maximum absolute atomic E-state index is 11.6. The first-order valence-corrected chi connectivity index (χ1v) is 11.0. The Morgan fingerprint density at radius 1 is 1.40 bits per heavy atom. The van der Waals surface area contributed by atoms with Gasteiger partial charge in [-0.15, -0.1) is 0 Å². The Morgan fingerprint density at radius 2 is 2.17 bits per heavy atom. The molecular formula is C21H31ClN4O4. The van der Waals surface area contributed by atoms with Crippen molar-refractivity contribution in [2.45, 2.75) is 57.1 Å². The highest BCUT2D eigenvalue weighted by Gasteiger charge is 2.27. The lowest BCUT2D eigenvalue weighted by Crippen LogP contribution is -2.41. The predicted molar refractivity (Wildman–Crippen MR) is 116 cm³/mol. The highest BCUT2D eigenvalue weighted by atomic mass is 35.5. The van der Waals surface area contributed by atoms with Crippen molar-refractivity contribution in [3.63, 3.8) is 0 Å². The van der Waals surface area contributed by atoms with Gasteiger partial charge >= 0.3 is 6.09 Å². The van der Waals surface area contributed by atoms with E-state index in [-0.39, 0.29) is 12.1 Å². The fraction of sp³-hybridized carbons (Fsp3) is 0.667. The van der Waals surface area contributed by atoms with Crippen molar-refractivity contribution in [2.75, 3.05) is 37.0 Å². The molecule has 1 aromatic rings. The number of halogens is 1. The third-order valence-electron chi connectivity index (χ3n) is 6.14. The molecule has 2 aliphatic rings. The number of carbonyl (C=O) groups excluding carboxylic acids is 2. The summed E-state index contributed by atoms with van der Waals surface area (Å²) in [5.41, 5.74) is 0.489. The van der Waals surface area contributed by atoms with Gasteiger partial charge in [-0.05, 0) is 56.9 Å². The molecule has 8 nitrogen and oxygen atoms in total. The number of pyridine rings is 1. The van der Waals surface area contributed by atoms with Gasteiger partial charge < -0.3 is 19.6 Å². The number of piperidine rings is 1. The molecule has 0 radical (unpaired) electrons. The highest BCUT2D eigenvalue weighted by molar-refractivity contribution is 6.33. The van der Waals surface area contributed by atoms with E-state index in [0.717, 1.165) is 71.0 Å². The molecule has 2 amide bonds. The van der Waals surface area contributed by atoms with Crippen molar-refractivity contribution in [3.05, 3.63) is 17.3 Å². The Kier molecular flexibility index (Phi) is 8.16. The monoisotopic (exact) mass is 438 g/mol. The molecule has 3 rings (SSSR count). The van der Waals surface area contributed by atoms with E-state index in [4.69, 9.17) is 11.6 Å². The minimum Gasteiger partial charge on any atom is -0.453 e. The van der Waals surface area contributed by atoms with Gasteiger partial charge in [-0.2, -0.15) is 0 Å². The van der Waals surface area contributed by atoms with Crippen LogP contribution < -0.4 is 10.2 Å². The first-order chi connectivity index (χ1) is 14.5. The summed E-state index contributed by atoms with van der Waals surface area (Å²) >= 11 is 6.43. The normalized spacial score (nSPS) is 24.2. The standard InChI is InChI=1S/C21H31ClN4O4/c1-30-21(29)24-16-11-19(22)20(23-12-16)25-9-2-3-15(13-25)8-10-26(14-27)17-4-6-18(28)7-5-17/h11-12,14-15,17-18,28H,2-10,13H2,1H3,(H,24,29). The van der Waals surface area contributed by atoms with Gasteiger partial charge in [0.1, 0.15) is 5.82 Å². The van der Waals surface area contributed by atoms with Crippen LogP contribution in [-0.2, 0) is 9.53 Å². The first kappa shape index (κ1) is 22.6. The number of nitrogens with one attached hydrogen (secondary N) is 1. The van der Waals surface area contributed by atoms with E-state index in [0.29, 0.717) is 22.4 Å². The molecule has 2 heterocycles. The van der Waals surface area contributed by atoms with Crippen molar-refractivity contribution in [1.29, 1.82) is 0 Å². The molecule has 0 spiro atoms. The summed E-state index contributed by atoms with van der Waals surface area (Å²) in [4.78, 5) is 31.5. The summed E-state index contributed by atoms with van der Waals surface area (Å²) in [5.74, 6) is 1.17. The number of aromatic nitrogens is 1. The van der Waals surface area contributed by atoms with E-state index in [1.54, 1.807) is 12.3 Å². The molecule has 1 saturated carbocycles. The zero-order chi connectivity index (χ0) is 21.5. The minimum atomic E-state index is -0.564. The molecule has 9 heteroatoms. The lowest BCUT2D eigenvalue weighted by Gasteiger charge is -2.37. The number of aliphatic hydroxyl groups is 1. The lowest BCUT2D eigenvalue weighted by atomic mass is 9.91. The van der Waals surface area contributed by atoms with Crippen molar-refractivity contribution < 1.29 is 19.4 Å². The molecule has 1 saturated heterocycles. The molecular weight excluding hydrogens is 408 g/mol. The van der Waals surface area contributed by atoms with Crippen LogP contribution in [0.5, 0.6) is 0 Å². The Morgan fingerprint density at radius 3 is 2.83 bits per heavy atom. The van der Waals surface area contributed by atoms with E-state index in [1.807, 2.05) is 4.90 Å². The largest absolute Gasteiger partial charge is 0.453 e. The van der Waals surface area contributed by atoms with E-state index in [9.17, 15) is 14.7 Å². The number of carbonyl (C=O) groups is 2. The number of aliphatic hydroxyl groups excluding tert-OH is 1. The van der Waals surface area contributed by atoms with Gasteiger partial charge in [-0.25, -0.2) is 9.78 Å². The van der Waals surface area contributed by atoms with Crippen LogP contribution in [0.25, 0.3) is 0 Å². The van der Waals surface area contributed by atoms with Crippen LogP contribution in [0.4, 0.5) is 16.3 Å². The van der Waals surface area contributed by atoms with Crippen LogP contribution in [-0.4, -0.2) is 66.4 Å². The summed E-state index contributed by atoms with van der Waals surface area (Å²) in [5, 5.41) is 12.7. The van der Waals surface area contributed by atoms with Gasteiger partial charge in [-0.3, -0.25) is 10.1 Å². The molecule has 0 bridgehead atoms. The maximum atomic E-state index is 11.6. The average Bonchev–Trinajstić information content (AvgIpc) is 2.75. The van der Waals surface area contributed by atoms with E-state index in [1.165, 1.54) is 7.11 Å². The predicted octanol–water partition coefficient (Wildman–Crippen LogP) is 3.28. The summed E-state index contributed by atoms with van der Waals surface area (Å²) in [6.45, 7) is 2.46. The summed E-state index contributed by atoms with van der Waals surface area (Å²) in [6, 6.07) is 1.92. The Bertz CT molecular complexity index is 727. The molecule has 1 aromatic heterocycles. The second-order valence-corrected chi connectivity index (χ2v) is 8.60. The quantitative estimate of drug-likeness (QED) is 0.634. The highest BCUT2D eigenvalue weighted by Crippen LogP contribution is 2.31. The molecule has 2 fully saturated rings. The van der Waals surface area contributed by atoms with Crippen molar-refractivity contribution >= 4 is 35.6 Å². The summed E-state index contributed by atoms with van der Waals surface area (Å²) < 4.78 is 4.59. The molecule has 2 N–H and O–H groups in total. The topological polar surface area (TPSA) is 95.0 Å². The number of hydrogen-bond acceptors (Lipinski definition) is 6. The molecule has 1 atom stereocenters. The van der Waals surface area contributed by atoms with Crippen LogP contribution in [0, 0.1) is 5.92 Å². The second-order valence-electron chi connectivity index (χ2n) is 8.19. The van der Waals surface area contributed by atoms with Gasteiger partial charge in [0.2, 0.25) is 6.41 Å². The minimum absolute atomic E-state index is 0.215. The number of hydrogen-bond donors (Lipinski definition) is 2. The number of ether oxygens (including phenoxy) is 1. The maximum Gasteiger partial charge on any atom is 0.411 e. The first-order valence-electron chi connectivity index (χ1n) is 10.6. The molecule has 0 aromatic carbocycles. The van der Waals surface area contributed by atoms with E-state index in [2.05, 4.69) is 19.9 Å². The van der Waals surface area contributed by atoms with E-state index < -0.39 is 6.09 Å². The van der Waals surface area contributed by atoms with Crippen LogP contribution in [0.1, 0.15) is 44.9 Å². The van der Waals surface area contributed by atoms with Gasteiger partial charge in [0.25, 0.3) is 0 Å². The fourth-order valence-electron chi connectivity index (χ4n) is 4.44. The lowest BCUT2D eigenvalue weighted by molar-refractivity contribution is -0.121. The van der Waals surface area contributed by atoms with Gasteiger partial charge in [0.05, 0.1) is 30.1 Å². The SMILES string of the molecule is COC(=O)Nc1cnc(N2CCCC(CCN(C=O)C3CCC(O)CC3)C2)c(Cl)c1. The van der Waals surface area contributed by atoms with Crippen molar-refractivity contribution in [2.24, 2.45) is 5.92 Å². The van der Waals surface area contributed by atoms with Crippen LogP contribution >= 0.6 is 11.6 Å². The van der Waals surface area contributed by atoms with Crippen LogP contribution in [0.3, 0.4) is 0 Å². The third-order valence-corrected chi connectivity index (χ3v) is 6.42. The van der Waals surface area contributed by atoms with Gasteiger partial charge in [0.15, 0.2) is 0 Å². The molecule has 166 valence electrons. The fourth-order valence-corrected chi connectivity index (χ4v) is 4.72. The number of rotatable bonds is 7. The second kappa shape index (κ2) is 10.8. The van der Waals surface area contributed by atoms with Gasteiger partial charge in [0, 0.05) is 25.7 Å². The van der Waals surface area contributed by atoms with Crippen molar-refractivity contribution in [3.8, 4) is 0 Å². The zero-order valence-corrected chi connectivity index (χ0v) is 18.2. The summed E-state index contributed by atoms with van der Waals surface area (Å²) in [6.07, 6.45) is 8.17. The number of methoxy groups -OCH3 is 1. The zero-order valence-electron chi connectivity index (χ0n) is 17.4. The Hall–Kier alpha value is -2.06. The summed E-state index contributed by atoms with van der Waals surface area (Å²) in [7, 11) is 1.30. The molecule has 30 heavy (non-hydrogen) atoms. The number of amides is 2. The van der Waals surface area contributed by atoms with Crippen LogP contribution in [0.15, 0.2) is 12.3 Å². The number of anilines is 2. The smallest absolute Gasteiger partial charge is 0.411 e. The van der Waals surface area contributed by atoms with E-state index >= 15 is 0 Å². The number of nitrogens with zero attached hydrogens (tertiary/aromatic N) is 3. The molecule has 1 aliphatic heterocycles. The Balaban J connectivity index is 1.54. The molecule has 1 unspecified atom stereocenters. The van der Waals surface area contributed by atoms with Crippen LogP contribution in [0.2, 0.25) is 5.02 Å². The Labute approximate surface area is 182 Å². The molecule has 1 aliphatic carbocycles. The van der Waals surface area contributed by atoms with Gasteiger partial charge in [-0.1, -0.05) is 11.6 Å². The van der Waals surface area contributed by atoms with Crippen molar-refractivity contribution in [1.82, 2.24) is 9.88 Å². The third kappa shape index (κ3) is 5.98.